The van der Waals surface area contributed by atoms with E-state index in [0.29, 0.717) is 36.8 Å². The average Bonchev–Trinajstić information content (AvgIpc) is 2.60. The van der Waals surface area contributed by atoms with Crippen molar-refractivity contribution in [2.45, 2.75) is 19.9 Å². The van der Waals surface area contributed by atoms with E-state index in [1.165, 1.54) is 8.61 Å². The number of aryl methyl sites for hydroxylation is 1. The summed E-state index contributed by atoms with van der Waals surface area (Å²) in [4.78, 5) is 12.3. The number of amides is 1. The molecular weight excluding hydrogens is 386 g/mol. The lowest BCUT2D eigenvalue weighted by Crippen LogP contribution is -2.51. The van der Waals surface area contributed by atoms with Crippen LogP contribution in [0.4, 0.5) is 5.69 Å². The lowest BCUT2D eigenvalue weighted by atomic mass is 10.1. The first-order valence-corrected chi connectivity index (χ1v) is 10.5. The number of hydrogen-bond donors (Lipinski definition) is 1. The Kier molecular flexibility index (Phi) is 6.16. The standard InChI is InChI=1S/C19H22ClN3O3S/c1-15-6-8-16(9-7-15)13-22-10-3-11-23(27(22,25)26)14-19(24)21-18-5-2-4-17(20)12-18/h2,4-9,12H,3,10-11,13-14H2,1H3,(H,21,24). The van der Waals surface area contributed by atoms with Crippen molar-refractivity contribution in [1.82, 2.24) is 8.61 Å². The minimum atomic E-state index is -3.69. The van der Waals surface area contributed by atoms with Gasteiger partial charge in [-0.2, -0.15) is 17.0 Å². The summed E-state index contributed by atoms with van der Waals surface area (Å²) in [6, 6.07) is 14.5. The third-order valence-corrected chi connectivity index (χ3v) is 6.54. The summed E-state index contributed by atoms with van der Waals surface area (Å²) < 4.78 is 28.4. The number of nitrogens with zero attached hydrogens (tertiary/aromatic N) is 2. The van der Waals surface area contributed by atoms with Crippen LogP contribution in [0.15, 0.2) is 48.5 Å². The molecule has 0 atom stereocenters. The molecule has 0 radical (unpaired) electrons. The summed E-state index contributed by atoms with van der Waals surface area (Å²) in [5.74, 6) is -0.391. The van der Waals surface area contributed by atoms with Crippen LogP contribution >= 0.6 is 11.6 Å². The molecule has 0 bridgehead atoms. The van der Waals surface area contributed by atoms with Crippen LogP contribution in [0, 0.1) is 6.92 Å². The van der Waals surface area contributed by atoms with Crippen molar-refractivity contribution < 1.29 is 13.2 Å². The van der Waals surface area contributed by atoms with E-state index in [4.69, 9.17) is 11.6 Å². The number of hydrogen-bond acceptors (Lipinski definition) is 3. The summed E-state index contributed by atoms with van der Waals surface area (Å²) in [7, 11) is -3.69. The van der Waals surface area contributed by atoms with Gasteiger partial charge in [0, 0.05) is 30.3 Å². The second-order valence-corrected chi connectivity index (χ2v) is 8.94. The van der Waals surface area contributed by atoms with Gasteiger partial charge in [0.1, 0.15) is 0 Å². The zero-order valence-corrected chi connectivity index (χ0v) is 16.6. The highest BCUT2D eigenvalue weighted by Crippen LogP contribution is 2.20. The van der Waals surface area contributed by atoms with E-state index < -0.39 is 16.1 Å². The lowest BCUT2D eigenvalue weighted by Gasteiger charge is -2.34. The second kappa shape index (κ2) is 8.39. The summed E-state index contributed by atoms with van der Waals surface area (Å²) in [6.45, 7) is 2.84. The van der Waals surface area contributed by atoms with E-state index in [-0.39, 0.29) is 6.54 Å². The molecule has 2 aromatic rings. The molecule has 3 rings (SSSR count). The van der Waals surface area contributed by atoms with Crippen LogP contribution in [0.25, 0.3) is 0 Å². The minimum absolute atomic E-state index is 0.223. The highest BCUT2D eigenvalue weighted by atomic mass is 35.5. The Morgan fingerprint density at radius 3 is 2.52 bits per heavy atom. The molecule has 1 saturated heterocycles. The van der Waals surface area contributed by atoms with Gasteiger partial charge in [0.15, 0.2) is 0 Å². The van der Waals surface area contributed by atoms with E-state index in [1.54, 1.807) is 24.3 Å². The Morgan fingerprint density at radius 2 is 1.81 bits per heavy atom. The minimum Gasteiger partial charge on any atom is -0.325 e. The first kappa shape index (κ1) is 19.8. The molecule has 2 aromatic carbocycles. The topological polar surface area (TPSA) is 69.7 Å². The van der Waals surface area contributed by atoms with Crippen LogP contribution in [0.2, 0.25) is 5.02 Å². The monoisotopic (exact) mass is 407 g/mol. The van der Waals surface area contributed by atoms with Crippen molar-refractivity contribution in [1.29, 1.82) is 0 Å². The third-order valence-electron chi connectivity index (χ3n) is 4.38. The number of rotatable bonds is 5. The average molecular weight is 408 g/mol. The third kappa shape index (κ3) is 5.07. The van der Waals surface area contributed by atoms with Gasteiger partial charge < -0.3 is 5.32 Å². The Hall–Kier alpha value is -1.93. The van der Waals surface area contributed by atoms with Crippen LogP contribution in [-0.2, 0) is 21.5 Å². The lowest BCUT2D eigenvalue weighted by molar-refractivity contribution is -0.116. The van der Waals surface area contributed by atoms with Gasteiger partial charge in [-0.3, -0.25) is 4.79 Å². The number of carbonyl (C=O) groups is 1. The molecule has 144 valence electrons. The predicted octanol–water partition coefficient (Wildman–Crippen LogP) is 3.04. The number of benzene rings is 2. The maximum absolute atomic E-state index is 12.9. The van der Waals surface area contributed by atoms with Crippen molar-refractivity contribution in [2.24, 2.45) is 0 Å². The van der Waals surface area contributed by atoms with Gasteiger partial charge in [0.25, 0.3) is 10.2 Å². The summed E-state index contributed by atoms with van der Waals surface area (Å²) in [6.07, 6.45) is 0.676. The molecule has 0 aromatic heterocycles. The van der Waals surface area contributed by atoms with Crippen molar-refractivity contribution in [2.75, 3.05) is 25.0 Å². The maximum atomic E-state index is 12.9. The first-order chi connectivity index (χ1) is 12.8. The van der Waals surface area contributed by atoms with Gasteiger partial charge in [0.05, 0.1) is 6.54 Å². The molecule has 1 fully saturated rings. The zero-order chi connectivity index (χ0) is 19.4. The van der Waals surface area contributed by atoms with Crippen LogP contribution in [0.1, 0.15) is 17.5 Å². The SMILES string of the molecule is Cc1ccc(CN2CCCN(CC(=O)Nc3cccc(Cl)c3)S2(=O)=O)cc1. The molecule has 1 heterocycles. The number of halogens is 1. The van der Waals surface area contributed by atoms with E-state index in [2.05, 4.69) is 5.32 Å². The largest absolute Gasteiger partial charge is 0.325 e. The fraction of sp³-hybridized carbons (Fsp3) is 0.316. The number of anilines is 1. The van der Waals surface area contributed by atoms with E-state index in [9.17, 15) is 13.2 Å². The fourth-order valence-electron chi connectivity index (χ4n) is 2.96. The van der Waals surface area contributed by atoms with Gasteiger partial charge in [-0.15, -0.1) is 0 Å². The number of carbonyl (C=O) groups excluding carboxylic acids is 1. The normalized spacial score (nSPS) is 17.6. The molecule has 0 saturated carbocycles. The molecule has 6 nitrogen and oxygen atoms in total. The fourth-order valence-corrected chi connectivity index (χ4v) is 4.79. The molecule has 0 unspecified atom stereocenters. The summed E-state index contributed by atoms with van der Waals surface area (Å²) >= 11 is 5.91. The highest BCUT2D eigenvalue weighted by molar-refractivity contribution is 7.86. The molecule has 1 aliphatic heterocycles. The Balaban J connectivity index is 1.66. The van der Waals surface area contributed by atoms with Crippen LogP contribution in [0.5, 0.6) is 0 Å². The molecule has 8 heteroatoms. The summed E-state index contributed by atoms with van der Waals surface area (Å²) in [5.41, 5.74) is 2.59. The summed E-state index contributed by atoms with van der Waals surface area (Å²) in [5, 5.41) is 3.19. The van der Waals surface area contributed by atoms with Crippen molar-refractivity contribution in [3.05, 3.63) is 64.7 Å². The molecule has 1 aliphatic rings. The molecular formula is C19H22ClN3O3S. The zero-order valence-electron chi connectivity index (χ0n) is 15.1. The molecule has 0 aliphatic carbocycles. The maximum Gasteiger partial charge on any atom is 0.282 e. The Labute approximate surface area is 164 Å². The van der Waals surface area contributed by atoms with Crippen molar-refractivity contribution >= 4 is 33.4 Å². The Morgan fingerprint density at radius 1 is 1.11 bits per heavy atom. The van der Waals surface area contributed by atoms with E-state index >= 15 is 0 Å². The molecule has 0 spiro atoms. The van der Waals surface area contributed by atoms with E-state index in [1.807, 2.05) is 31.2 Å². The van der Waals surface area contributed by atoms with Crippen molar-refractivity contribution in [3.63, 3.8) is 0 Å². The smallest absolute Gasteiger partial charge is 0.282 e. The van der Waals surface area contributed by atoms with Crippen LogP contribution in [-0.4, -0.2) is 42.6 Å². The molecule has 1 N–H and O–H groups in total. The predicted molar refractivity (Wildman–Crippen MR) is 107 cm³/mol. The van der Waals surface area contributed by atoms with Crippen LogP contribution in [0.3, 0.4) is 0 Å². The van der Waals surface area contributed by atoms with Gasteiger partial charge in [-0.25, -0.2) is 0 Å². The Bertz CT molecular complexity index is 916. The van der Waals surface area contributed by atoms with Gasteiger partial charge in [0.2, 0.25) is 5.91 Å². The number of nitrogens with one attached hydrogen (secondary N) is 1. The van der Waals surface area contributed by atoms with Crippen LogP contribution < -0.4 is 5.32 Å². The van der Waals surface area contributed by atoms with Gasteiger partial charge in [-0.05, 0) is 37.1 Å². The van der Waals surface area contributed by atoms with Gasteiger partial charge >= 0.3 is 0 Å². The van der Waals surface area contributed by atoms with Crippen molar-refractivity contribution in [3.8, 4) is 0 Å². The molecule has 27 heavy (non-hydrogen) atoms. The first-order valence-electron chi connectivity index (χ1n) is 8.71. The second-order valence-electron chi connectivity index (χ2n) is 6.57. The van der Waals surface area contributed by atoms with E-state index in [0.717, 1.165) is 11.1 Å². The highest BCUT2D eigenvalue weighted by Gasteiger charge is 2.34. The molecule has 1 amide bonds. The quantitative estimate of drug-likeness (QED) is 0.828. The van der Waals surface area contributed by atoms with Gasteiger partial charge in [-0.1, -0.05) is 47.5 Å².